The van der Waals surface area contributed by atoms with Gasteiger partial charge in [-0.15, -0.1) is 8.78 Å². The SMILES string of the molecule is Cc1cccc(=O)n1C1COCc2c(C(F)(F)F)nn(-c3cccc(C(=O)N(C)c4ccc5c(c4)OC(F)(F)O5)c3)c21. The highest BCUT2D eigenvalue weighted by Crippen LogP contribution is 2.43. The Hall–Kier alpha value is -4.72. The molecule has 0 fully saturated rings. The van der Waals surface area contributed by atoms with E-state index in [1.165, 1.54) is 65.0 Å². The van der Waals surface area contributed by atoms with Crippen LogP contribution in [-0.2, 0) is 17.5 Å². The molecular formula is C28H21F5N4O5. The fourth-order valence-corrected chi connectivity index (χ4v) is 5.15. The quantitative estimate of drug-likeness (QED) is 0.309. The van der Waals surface area contributed by atoms with Crippen LogP contribution in [0.15, 0.2) is 65.5 Å². The van der Waals surface area contributed by atoms with E-state index in [2.05, 4.69) is 14.6 Å². The summed E-state index contributed by atoms with van der Waals surface area (Å²) in [6.07, 6.45) is -8.65. The van der Waals surface area contributed by atoms with Gasteiger partial charge in [0.2, 0.25) is 0 Å². The number of hydrogen-bond acceptors (Lipinski definition) is 6. The first kappa shape index (κ1) is 27.4. The number of aryl methyl sites for hydroxylation is 1. The minimum Gasteiger partial charge on any atom is -0.395 e. The van der Waals surface area contributed by atoms with Crippen LogP contribution in [0.4, 0.5) is 27.6 Å². The van der Waals surface area contributed by atoms with E-state index >= 15 is 0 Å². The van der Waals surface area contributed by atoms with E-state index < -0.39 is 35.7 Å². The second kappa shape index (κ2) is 9.69. The normalized spacial score (nSPS) is 17.2. The van der Waals surface area contributed by atoms with Crippen molar-refractivity contribution in [1.82, 2.24) is 14.3 Å². The molecule has 6 rings (SSSR count). The number of carbonyl (C=O) groups is 1. The summed E-state index contributed by atoms with van der Waals surface area (Å²) in [7, 11) is 1.40. The third-order valence-electron chi connectivity index (χ3n) is 7.05. The van der Waals surface area contributed by atoms with Crippen LogP contribution in [0.25, 0.3) is 5.69 Å². The molecule has 0 N–H and O–H groups in total. The summed E-state index contributed by atoms with van der Waals surface area (Å²) in [5, 5.41) is 3.89. The first-order chi connectivity index (χ1) is 19.8. The standard InChI is InChI=1S/C28H21F5N4O5/c1-15-5-3-8-23(38)36(15)20-14-40-13-19-24(20)37(34-25(19)27(29,30)31)18-7-4-6-16(11-18)26(39)35(2)17-9-10-21-22(12-17)42-28(32,33)41-21/h3-12,20H,13-14H2,1-2H3. The molecule has 218 valence electrons. The smallest absolute Gasteiger partial charge is 0.395 e. The van der Waals surface area contributed by atoms with Gasteiger partial charge in [-0.05, 0) is 43.3 Å². The number of halogens is 5. The molecule has 2 aliphatic rings. The fraction of sp³-hybridized carbons (Fsp3) is 0.250. The van der Waals surface area contributed by atoms with E-state index in [0.717, 1.165) is 4.68 Å². The minimum absolute atomic E-state index is 0.0764. The van der Waals surface area contributed by atoms with Crippen LogP contribution in [0, 0.1) is 6.92 Å². The van der Waals surface area contributed by atoms with Gasteiger partial charge in [0.25, 0.3) is 11.5 Å². The van der Waals surface area contributed by atoms with Crippen LogP contribution in [0.3, 0.4) is 0 Å². The molecule has 0 radical (unpaired) electrons. The lowest BCUT2D eigenvalue weighted by Crippen LogP contribution is -2.34. The Morgan fingerprint density at radius 3 is 2.52 bits per heavy atom. The lowest BCUT2D eigenvalue weighted by atomic mass is 10.0. The van der Waals surface area contributed by atoms with Gasteiger partial charge in [-0.25, -0.2) is 4.68 Å². The molecule has 14 heteroatoms. The predicted octanol–water partition coefficient (Wildman–Crippen LogP) is 5.08. The number of amides is 1. The second-order valence-corrected chi connectivity index (χ2v) is 9.74. The molecule has 9 nitrogen and oxygen atoms in total. The highest BCUT2D eigenvalue weighted by atomic mass is 19.4. The van der Waals surface area contributed by atoms with Gasteiger partial charge in [-0.2, -0.15) is 18.3 Å². The van der Waals surface area contributed by atoms with Crippen molar-refractivity contribution in [2.45, 2.75) is 32.0 Å². The molecule has 2 aromatic heterocycles. The van der Waals surface area contributed by atoms with Crippen LogP contribution in [-0.4, -0.2) is 40.2 Å². The van der Waals surface area contributed by atoms with Gasteiger partial charge in [0.15, 0.2) is 17.2 Å². The van der Waals surface area contributed by atoms with Gasteiger partial charge in [-0.3, -0.25) is 9.59 Å². The number of hydrogen-bond donors (Lipinski definition) is 0. The summed E-state index contributed by atoms with van der Waals surface area (Å²) in [4.78, 5) is 27.4. The van der Waals surface area contributed by atoms with Gasteiger partial charge in [-0.1, -0.05) is 12.1 Å². The van der Waals surface area contributed by atoms with Crippen LogP contribution < -0.4 is 19.9 Å². The molecule has 2 aromatic carbocycles. The average Bonchev–Trinajstić information content (AvgIpc) is 3.48. The van der Waals surface area contributed by atoms with Crippen LogP contribution >= 0.6 is 0 Å². The maximum absolute atomic E-state index is 14.1. The molecule has 0 aliphatic carbocycles. The second-order valence-electron chi connectivity index (χ2n) is 9.74. The van der Waals surface area contributed by atoms with E-state index in [0.29, 0.717) is 5.69 Å². The number of carbonyl (C=O) groups excluding carboxylic acids is 1. The summed E-state index contributed by atoms with van der Waals surface area (Å²) >= 11 is 0. The number of nitrogens with zero attached hydrogens (tertiary/aromatic N) is 4. The lowest BCUT2D eigenvalue weighted by Gasteiger charge is -2.28. The average molecular weight is 588 g/mol. The Bertz CT molecular complexity index is 1780. The third-order valence-corrected chi connectivity index (χ3v) is 7.05. The Labute approximate surface area is 234 Å². The Morgan fingerprint density at radius 1 is 1.05 bits per heavy atom. The number of pyridine rings is 1. The fourth-order valence-electron chi connectivity index (χ4n) is 5.15. The molecule has 0 saturated carbocycles. The van der Waals surface area contributed by atoms with Gasteiger partial charge >= 0.3 is 12.5 Å². The molecule has 1 unspecified atom stereocenters. The van der Waals surface area contributed by atoms with E-state index in [1.807, 2.05) is 0 Å². The summed E-state index contributed by atoms with van der Waals surface area (Å²) in [5.74, 6) is -1.04. The van der Waals surface area contributed by atoms with E-state index in [9.17, 15) is 31.5 Å². The first-order valence-corrected chi connectivity index (χ1v) is 12.6. The molecular weight excluding hydrogens is 567 g/mol. The van der Waals surface area contributed by atoms with Crippen molar-refractivity contribution in [1.29, 1.82) is 0 Å². The molecule has 1 amide bonds. The number of alkyl halides is 5. The third kappa shape index (κ3) is 4.66. The predicted molar refractivity (Wildman–Crippen MR) is 137 cm³/mol. The van der Waals surface area contributed by atoms with Crippen molar-refractivity contribution < 1.29 is 41.0 Å². The zero-order valence-electron chi connectivity index (χ0n) is 22.0. The molecule has 42 heavy (non-hydrogen) atoms. The lowest BCUT2D eigenvalue weighted by molar-refractivity contribution is -0.286. The highest BCUT2D eigenvalue weighted by molar-refractivity contribution is 6.06. The van der Waals surface area contributed by atoms with Gasteiger partial charge in [0, 0.05) is 41.7 Å². The molecule has 4 aromatic rings. The molecule has 2 aliphatic heterocycles. The van der Waals surface area contributed by atoms with Crippen molar-refractivity contribution in [3.63, 3.8) is 0 Å². The van der Waals surface area contributed by atoms with Crippen molar-refractivity contribution in [2.24, 2.45) is 0 Å². The molecule has 1 atom stereocenters. The summed E-state index contributed by atoms with van der Waals surface area (Å²) in [5.41, 5.74) is -0.749. The first-order valence-electron chi connectivity index (χ1n) is 12.6. The maximum Gasteiger partial charge on any atom is 0.586 e. The largest absolute Gasteiger partial charge is 0.586 e. The topological polar surface area (TPSA) is 87.8 Å². The summed E-state index contributed by atoms with van der Waals surface area (Å²) in [6.45, 7) is 1.21. The van der Waals surface area contributed by atoms with E-state index in [4.69, 9.17) is 4.74 Å². The summed E-state index contributed by atoms with van der Waals surface area (Å²) < 4.78 is 86.0. The van der Waals surface area contributed by atoms with Crippen molar-refractivity contribution >= 4 is 11.6 Å². The Balaban J connectivity index is 1.42. The molecule has 0 saturated heterocycles. The van der Waals surface area contributed by atoms with Crippen LogP contribution in [0.2, 0.25) is 0 Å². The summed E-state index contributed by atoms with van der Waals surface area (Å²) in [6, 6.07) is 13.2. The zero-order valence-corrected chi connectivity index (χ0v) is 22.0. The molecule has 4 heterocycles. The van der Waals surface area contributed by atoms with Gasteiger partial charge < -0.3 is 23.7 Å². The number of fused-ring (bicyclic) bond motifs is 2. The van der Waals surface area contributed by atoms with Crippen molar-refractivity contribution in [3.8, 4) is 17.2 Å². The molecule has 0 bridgehead atoms. The Kier molecular flexibility index (Phi) is 6.33. The molecule has 0 spiro atoms. The number of benzene rings is 2. The van der Waals surface area contributed by atoms with Gasteiger partial charge in [0.05, 0.1) is 24.6 Å². The van der Waals surface area contributed by atoms with Crippen molar-refractivity contribution in [3.05, 3.63) is 99.2 Å². The van der Waals surface area contributed by atoms with E-state index in [1.54, 1.807) is 19.1 Å². The van der Waals surface area contributed by atoms with Crippen LogP contribution in [0.5, 0.6) is 11.5 Å². The van der Waals surface area contributed by atoms with Crippen molar-refractivity contribution in [2.75, 3.05) is 18.6 Å². The van der Waals surface area contributed by atoms with Gasteiger partial charge in [0.1, 0.15) is 6.04 Å². The zero-order chi connectivity index (χ0) is 30.0. The number of rotatable bonds is 4. The maximum atomic E-state index is 14.1. The minimum atomic E-state index is -4.82. The monoisotopic (exact) mass is 588 g/mol. The van der Waals surface area contributed by atoms with Crippen LogP contribution in [0.1, 0.15) is 39.0 Å². The number of ether oxygens (including phenoxy) is 3. The number of anilines is 1. The highest BCUT2D eigenvalue weighted by Gasteiger charge is 2.44. The number of aromatic nitrogens is 3. The van der Waals surface area contributed by atoms with E-state index in [-0.39, 0.29) is 52.9 Å². The Morgan fingerprint density at radius 2 is 1.79 bits per heavy atom.